The summed E-state index contributed by atoms with van der Waals surface area (Å²) in [6, 6.07) is 6.72. The molecular formula is C19H23N5O3. The van der Waals surface area contributed by atoms with Gasteiger partial charge in [0.1, 0.15) is 5.69 Å². The molecule has 1 aromatic carbocycles. The Labute approximate surface area is 157 Å². The van der Waals surface area contributed by atoms with E-state index in [4.69, 9.17) is 0 Å². The molecule has 2 aromatic rings. The van der Waals surface area contributed by atoms with Crippen LogP contribution in [-0.2, 0) is 11.8 Å². The molecule has 0 spiro atoms. The lowest BCUT2D eigenvalue weighted by Gasteiger charge is -2.35. The third-order valence-electron chi connectivity index (χ3n) is 4.97. The Morgan fingerprint density at radius 1 is 1.19 bits per heavy atom. The average molecular weight is 369 g/mol. The quantitative estimate of drug-likeness (QED) is 0.469. The van der Waals surface area contributed by atoms with E-state index >= 15 is 0 Å². The smallest absolute Gasteiger partial charge is 0.292 e. The summed E-state index contributed by atoms with van der Waals surface area (Å²) in [6.07, 6.45) is 3.39. The zero-order valence-electron chi connectivity index (χ0n) is 15.8. The zero-order chi connectivity index (χ0) is 19.6. The van der Waals surface area contributed by atoms with Crippen LogP contribution in [0.1, 0.15) is 17.0 Å². The number of nitro benzene ring substituents is 1. The number of anilines is 1. The third kappa shape index (κ3) is 3.84. The number of benzene rings is 1. The number of nitrogens with zero attached hydrogens (tertiary/aromatic N) is 5. The van der Waals surface area contributed by atoms with Crippen LogP contribution in [0.4, 0.5) is 11.4 Å². The number of piperazine rings is 1. The highest BCUT2D eigenvalue weighted by atomic mass is 16.6. The molecule has 1 aliphatic heterocycles. The van der Waals surface area contributed by atoms with E-state index in [0.29, 0.717) is 31.9 Å². The van der Waals surface area contributed by atoms with Gasteiger partial charge in [0.05, 0.1) is 10.6 Å². The van der Waals surface area contributed by atoms with Gasteiger partial charge in [0.2, 0.25) is 5.91 Å². The average Bonchev–Trinajstić information content (AvgIpc) is 2.91. The van der Waals surface area contributed by atoms with Gasteiger partial charge in [-0.3, -0.25) is 19.6 Å². The van der Waals surface area contributed by atoms with Crippen molar-refractivity contribution in [3.05, 3.63) is 57.4 Å². The molecule has 0 radical (unpaired) electrons. The highest BCUT2D eigenvalue weighted by molar-refractivity contribution is 5.92. The van der Waals surface area contributed by atoms with E-state index in [0.717, 1.165) is 17.0 Å². The molecule has 27 heavy (non-hydrogen) atoms. The van der Waals surface area contributed by atoms with E-state index < -0.39 is 0 Å². The van der Waals surface area contributed by atoms with Crippen LogP contribution in [0.5, 0.6) is 0 Å². The molecule has 1 aromatic heterocycles. The van der Waals surface area contributed by atoms with Crippen molar-refractivity contribution in [2.75, 3.05) is 31.1 Å². The predicted molar refractivity (Wildman–Crippen MR) is 104 cm³/mol. The number of amides is 1. The van der Waals surface area contributed by atoms with Crippen LogP contribution in [0.25, 0.3) is 6.08 Å². The molecule has 8 nitrogen and oxygen atoms in total. The van der Waals surface area contributed by atoms with Crippen molar-refractivity contribution in [3.8, 4) is 0 Å². The number of carbonyl (C=O) groups is 1. The molecule has 2 heterocycles. The molecule has 142 valence electrons. The van der Waals surface area contributed by atoms with Crippen LogP contribution >= 0.6 is 0 Å². The lowest BCUT2D eigenvalue weighted by Crippen LogP contribution is -2.48. The van der Waals surface area contributed by atoms with Crippen molar-refractivity contribution >= 4 is 23.4 Å². The largest absolute Gasteiger partial charge is 0.362 e. The highest BCUT2D eigenvalue weighted by Crippen LogP contribution is 2.28. The minimum Gasteiger partial charge on any atom is -0.362 e. The number of nitro groups is 1. The van der Waals surface area contributed by atoms with Crippen molar-refractivity contribution < 1.29 is 9.72 Å². The number of carbonyl (C=O) groups excluding carboxylic acids is 1. The summed E-state index contributed by atoms with van der Waals surface area (Å²) in [5.74, 6) is -0.0557. The lowest BCUT2D eigenvalue weighted by molar-refractivity contribution is -0.384. The first-order valence-corrected chi connectivity index (χ1v) is 8.84. The summed E-state index contributed by atoms with van der Waals surface area (Å²) in [5.41, 5.74) is 3.56. The van der Waals surface area contributed by atoms with E-state index in [1.54, 1.807) is 33.9 Å². The Morgan fingerprint density at radius 2 is 1.85 bits per heavy atom. The van der Waals surface area contributed by atoms with Gasteiger partial charge >= 0.3 is 0 Å². The van der Waals surface area contributed by atoms with Gasteiger partial charge in [-0.25, -0.2) is 0 Å². The fourth-order valence-corrected chi connectivity index (χ4v) is 3.34. The minimum absolute atomic E-state index is 0.0557. The van der Waals surface area contributed by atoms with Gasteiger partial charge in [-0.15, -0.1) is 0 Å². The maximum atomic E-state index is 12.5. The van der Waals surface area contributed by atoms with Crippen molar-refractivity contribution in [2.24, 2.45) is 7.05 Å². The molecule has 0 aliphatic carbocycles. The second kappa shape index (κ2) is 7.61. The van der Waals surface area contributed by atoms with Gasteiger partial charge in [0.25, 0.3) is 5.69 Å². The van der Waals surface area contributed by atoms with Crippen LogP contribution in [-0.4, -0.2) is 51.7 Å². The van der Waals surface area contributed by atoms with Crippen LogP contribution in [0.3, 0.4) is 0 Å². The monoisotopic (exact) mass is 369 g/mol. The molecule has 0 saturated carbocycles. The maximum absolute atomic E-state index is 12.5. The Hall–Kier alpha value is -3.16. The normalized spacial score (nSPS) is 14.8. The Balaban J connectivity index is 1.65. The molecule has 0 unspecified atom stereocenters. The van der Waals surface area contributed by atoms with Crippen molar-refractivity contribution in [2.45, 2.75) is 13.8 Å². The second-order valence-corrected chi connectivity index (χ2v) is 6.60. The van der Waals surface area contributed by atoms with Gasteiger partial charge in [0.15, 0.2) is 0 Å². The number of para-hydroxylation sites is 2. The van der Waals surface area contributed by atoms with Crippen LogP contribution in [0, 0.1) is 24.0 Å². The van der Waals surface area contributed by atoms with Gasteiger partial charge < -0.3 is 9.80 Å². The summed E-state index contributed by atoms with van der Waals surface area (Å²) in [4.78, 5) is 27.1. The van der Waals surface area contributed by atoms with Gasteiger partial charge in [0, 0.05) is 56.6 Å². The van der Waals surface area contributed by atoms with E-state index in [1.807, 2.05) is 31.9 Å². The summed E-state index contributed by atoms with van der Waals surface area (Å²) in [5, 5.41) is 15.6. The molecule has 1 amide bonds. The number of hydrogen-bond acceptors (Lipinski definition) is 5. The number of rotatable bonds is 4. The SMILES string of the molecule is Cc1nn(C)c(C)c1/C=C/C(=O)N1CCN(c2ccccc2[N+](=O)[O-])CC1. The van der Waals surface area contributed by atoms with Crippen molar-refractivity contribution in [1.82, 2.24) is 14.7 Å². The Bertz CT molecular complexity index is 895. The summed E-state index contributed by atoms with van der Waals surface area (Å²) in [6.45, 7) is 6.07. The molecular weight excluding hydrogens is 346 g/mol. The van der Waals surface area contributed by atoms with Gasteiger partial charge in [-0.05, 0) is 26.0 Å². The van der Waals surface area contributed by atoms with E-state index in [-0.39, 0.29) is 16.5 Å². The van der Waals surface area contributed by atoms with Crippen molar-refractivity contribution in [3.63, 3.8) is 0 Å². The first-order chi connectivity index (χ1) is 12.9. The standard InChI is InChI=1S/C19H23N5O3/c1-14-16(15(2)21(3)20-14)8-9-19(25)23-12-10-22(11-13-23)17-6-4-5-7-18(17)24(26)27/h4-9H,10-13H2,1-3H3/b9-8+. The number of hydrogen-bond donors (Lipinski definition) is 0. The molecule has 8 heteroatoms. The fourth-order valence-electron chi connectivity index (χ4n) is 3.34. The lowest BCUT2D eigenvalue weighted by atomic mass is 10.1. The topological polar surface area (TPSA) is 84.5 Å². The Kier molecular flexibility index (Phi) is 5.25. The highest BCUT2D eigenvalue weighted by Gasteiger charge is 2.24. The van der Waals surface area contributed by atoms with Crippen LogP contribution in [0.2, 0.25) is 0 Å². The number of aryl methyl sites for hydroxylation is 2. The fraction of sp³-hybridized carbons (Fsp3) is 0.368. The molecule has 3 rings (SSSR count). The summed E-state index contributed by atoms with van der Waals surface area (Å²) in [7, 11) is 1.88. The van der Waals surface area contributed by atoms with Crippen LogP contribution < -0.4 is 4.90 Å². The summed E-state index contributed by atoms with van der Waals surface area (Å²) >= 11 is 0. The van der Waals surface area contributed by atoms with Crippen molar-refractivity contribution in [1.29, 1.82) is 0 Å². The third-order valence-corrected chi connectivity index (χ3v) is 4.97. The summed E-state index contributed by atoms with van der Waals surface area (Å²) < 4.78 is 1.80. The molecule has 0 N–H and O–H groups in total. The van der Waals surface area contributed by atoms with E-state index in [2.05, 4.69) is 5.10 Å². The van der Waals surface area contributed by atoms with E-state index in [9.17, 15) is 14.9 Å². The zero-order valence-corrected chi connectivity index (χ0v) is 15.8. The van der Waals surface area contributed by atoms with Gasteiger partial charge in [-0.1, -0.05) is 12.1 Å². The first-order valence-electron chi connectivity index (χ1n) is 8.84. The molecule has 1 saturated heterocycles. The Morgan fingerprint density at radius 3 is 2.44 bits per heavy atom. The minimum atomic E-state index is -0.367. The van der Waals surface area contributed by atoms with Crippen LogP contribution in [0.15, 0.2) is 30.3 Å². The molecule has 0 atom stereocenters. The molecule has 1 aliphatic rings. The molecule has 1 fully saturated rings. The number of aromatic nitrogens is 2. The molecule has 0 bridgehead atoms. The van der Waals surface area contributed by atoms with Gasteiger partial charge in [-0.2, -0.15) is 5.10 Å². The first kappa shape index (κ1) is 18.6. The second-order valence-electron chi connectivity index (χ2n) is 6.60. The predicted octanol–water partition coefficient (Wildman–Crippen LogP) is 2.31. The maximum Gasteiger partial charge on any atom is 0.292 e. The van der Waals surface area contributed by atoms with E-state index in [1.165, 1.54) is 6.07 Å².